The third-order valence-electron chi connectivity index (χ3n) is 6.24. The second kappa shape index (κ2) is 8.98. The van der Waals surface area contributed by atoms with E-state index in [0.29, 0.717) is 16.4 Å². The van der Waals surface area contributed by atoms with Gasteiger partial charge in [-0.15, -0.1) is 0 Å². The lowest BCUT2D eigenvalue weighted by molar-refractivity contribution is -0.133. The van der Waals surface area contributed by atoms with E-state index in [1.165, 1.54) is 18.2 Å². The number of benzene rings is 3. The van der Waals surface area contributed by atoms with Gasteiger partial charge in [-0.05, 0) is 35.9 Å². The Kier molecular flexibility index (Phi) is 5.96. The predicted octanol–water partition coefficient (Wildman–Crippen LogP) is 4.35. The second-order valence-electron chi connectivity index (χ2n) is 8.46. The number of fused-ring (bicyclic) bond motifs is 2. The van der Waals surface area contributed by atoms with Gasteiger partial charge in [0.2, 0.25) is 0 Å². The molecule has 10 heteroatoms. The van der Waals surface area contributed by atoms with Crippen molar-refractivity contribution in [1.82, 2.24) is 9.78 Å². The van der Waals surface area contributed by atoms with E-state index in [1.54, 1.807) is 71.4 Å². The normalized spacial score (nSPS) is 14.2. The number of halogens is 2. The van der Waals surface area contributed by atoms with Crippen molar-refractivity contribution >= 4 is 52.2 Å². The van der Waals surface area contributed by atoms with E-state index in [1.807, 2.05) is 0 Å². The van der Waals surface area contributed by atoms with Crippen molar-refractivity contribution in [2.75, 3.05) is 10.2 Å². The molecule has 4 aromatic rings. The summed E-state index contributed by atoms with van der Waals surface area (Å²) in [5.41, 5.74) is 6.13. The first kappa shape index (κ1) is 23.9. The molecule has 2 heterocycles. The minimum Gasteiger partial charge on any atom is -0.372 e. The molecule has 1 aliphatic rings. The summed E-state index contributed by atoms with van der Waals surface area (Å²) in [4.78, 5) is 27.7. The van der Waals surface area contributed by atoms with Crippen LogP contribution in [-0.4, -0.2) is 26.7 Å². The number of hydrogen-bond donors (Lipinski definition) is 3. The highest BCUT2D eigenvalue weighted by Gasteiger charge is 2.40. The fourth-order valence-electron chi connectivity index (χ4n) is 4.38. The van der Waals surface area contributed by atoms with Gasteiger partial charge in [-0.25, -0.2) is 0 Å². The number of aliphatic hydroxyl groups is 1. The smallest absolute Gasteiger partial charge is 0.258 e. The monoisotopic (exact) mass is 521 g/mol. The molecular weight excluding hydrogens is 501 g/mol. The molecule has 0 fully saturated rings. The molecule has 0 aliphatic carbocycles. The lowest BCUT2D eigenvalue weighted by atomic mass is 9.85. The van der Waals surface area contributed by atoms with Crippen LogP contribution in [-0.2, 0) is 24.0 Å². The fraction of sp³-hybridized carbons (Fsp3) is 0.115. The minimum atomic E-state index is -2.17. The van der Waals surface area contributed by atoms with Gasteiger partial charge >= 0.3 is 0 Å². The number of aromatic nitrogens is 2. The molecule has 0 bridgehead atoms. The topological polar surface area (TPSA) is 113 Å². The average molecular weight is 522 g/mol. The Morgan fingerprint density at radius 3 is 2.53 bits per heavy atom. The van der Waals surface area contributed by atoms with Crippen LogP contribution in [0.25, 0.3) is 0 Å². The molecule has 182 valence electrons. The SMILES string of the molecule is Cn1ncc2c1Nc1cc(Cl)ccc1N(C(=O)c1ccc(C(O)(C(N)=O)c3ccccc3)c(Cl)c1)C2. The van der Waals surface area contributed by atoms with Crippen LogP contribution < -0.4 is 16.0 Å². The van der Waals surface area contributed by atoms with E-state index >= 15 is 0 Å². The number of nitrogens with two attached hydrogens (primary N) is 1. The number of nitrogens with one attached hydrogen (secondary N) is 1. The minimum absolute atomic E-state index is 0.0253. The number of amides is 2. The Balaban J connectivity index is 1.57. The Morgan fingerprint density at radius 1 is 1.08 bits per heavy atom. The van der Waals surface area contributed by atoms with Crippen molar-refractivity contribution in [3.63, 3.8) is 0 Å². The summed E-state index contributed by atoms with van der Waals surface area (Å²) >= 11 is 12.8. The predicted molar refractivity (Wildman–Crippen MR) is 139 cm³/mol. The van der Waals surface area contributed by atoms with Gasteiger partial charge in [0.1, 0.15) is 5.82 Å². The fourth-order valence-corrected chi connectivity index (χ4v) is 4.86. The number of hydrogen-bond acceptors (Lipinski definition) is 5. The van der Waals surface area contributed by atoms with E-state index < -0.39 is 11.5 Å². The summed E-state index contributed by atoms with van der Waals surface area (Å²) in [6.07, 6.45) is 1.69. The molecule has 0 saturated heterocycles. The first-order valence-electron chi connectivity index (χ1n) is 11.0. The molecule has 2 amide bonds. The number of anilines is 3. The molecule has 3 aromatic carbocycles. The molecule has 8 nitrogen and oxygen atoms in total. The summed E-state index contributed by atoms with van der Waals surface area (Å²) in [6, 6.07) is 17.9. The first-order valence-corrected chi connectivity index (χ1v) is 11.7. The lowest BCUT2D eigenvalue weighted by Crippen LogP contribution is -2.42. The molecule has 4 N–H and O–H groups in total. The number of carbonyl (C=O) groups excluding carboxylic acids is 2. The zero-order chi connectivity index (χ0) is 25.6. The van der Waals surface area contributed by atoms with Gasteiger partial charge in [0.05, 0.1) is 24.1 Å². The largest absolute Gasteiger partial charge is 0.372 e. The van der Waals surface area contributed by atoms with Crippen molar-refractivity contribution in [1.29, 1.82) is 0 Å². The first-order chi connectivity index (χ1) is 17.2. The van der Waals surface area contributed by atoms with Crippen LogP contribution in [0.2, 0.25) is 10.0 Å². The third-order valence-corrected chi connectivity index (χ3v) is 6.79. The maximum absolute atomic E-state index is 13.8. The van der Waals surface area contributed by atoms with Crippen LogP contribution in [0.4, 0.5) is 17.2 Å². The van der Waals surface area contributed by atoms with E-state index in [9.17, 15) is 14.7 Å². The maximum Gasteiger partial charge on any atom is 0.258 e. The number of nitrogens with zero attached hydrogens (tertiary/aromatic N) is 3. The molecule has 0 spiro atoms. The van der Waals surface area contributed by atoms with Crippen LogP contribution in [0.1, 0.15) is 27.0 Å². The van der Waals surface area contributed by atoms with Gasteiger partial charge in [-0.2, -0.15) is 5.10 Å². The number of primary amides is 1. The summed E-state index contributed by atoms with van der Waals surface area (Å²) < 4.78 is 1.69. The standard InChI is InChI=1S/C26H21Cl2N5O3/c1-32-23-16(13-30-32)14-33(22-10-8-18(27)12-21(22)31-23)24(34)15-7-9-19(20(28)11-15)26(36,25(29)35)17-5-3-2-4-6-17/h2-13,31,36H,14H2,1H3,(H2,29,35). The Hall–Kier alpha value is -3.85. The van der Waals surface area contributed by atoms with Crippen molar-refractivity contribution in [3.8, 4) is 0 Å². The van der Waals surface area contributed by atoms with Crippen LogP contribution >= 0.6 is 23.2 Å². The third kappa shape index (κ3) is 3.89. The maximum atomic E-state index is 13.8. The van der Waals surface area contributed by atoms with Gasteiger partial charge in [0.25, 0.3) is 11.8 Å². The van der Waals surface area contributed by atoms with Crippen LogP contribution in [0.5, 0.6) is 0 Å². The van der Waals surface area contributed by atoms with Crippen LogP contribution in [0.3, 0.4) is 0 Å². The van der Waals surface area contributed by atoms with Gasteiger partial charge in [-0.1, -0.05) is 59.6 Å². The molecule has 1 atom stereocenters. The molecule has 0 radical (unpaired) electrons. The van der Waals surface area contributed by atoms with Gasteiger partial charge in [0.15, 0.2) is 5.60 Å². The van der Waals surface area contributed by atoms with E-state index in [4.69, 9.17) is 28.9 Å². The average Bonchev–Trinajstić information content (AvgIpc) is 3.11. The van der Waals surface area contributed by atoms with Gasteiger partial charge in [-0.3, -0.25) is 14.3 Å². The summed E-state index contributed by atoms with van der Waals surface area (Å²) in [7, 11) is 1.80. The molecule has 36 heavy (non-hydrogen) atoms. The van der Waals surface area contributed by atoms with E-state index in [-0.39, 0.29) is 34.2 Å². The van der Waals surface area contributed by atoms with Gasteiger partial charge in [0, 0.05) is 33.8 Å². The summed E-state index contributed by atoms with van der Waals surface area (Å²) in [6.45, 7) is 0.248. The number of rotatable bonds is 4. The second-order valence-corrected chi connectivity index (χ2v) is 9.30. The Labute approximate surface area is 216 Å². The molecule has 1 unspecified atom stereocenters. The highest BCUT2D eigenvalue weighted by Crippen LogP contribution is 2.39. The van der Waals surface area contributed by atoms with Gasteiger partial charge < -0.3 is 21.1 Å². The highest BCUT2D eigenvalue weighted by atomic mass is 35.5. The van der Waals surface area contributed by atoms with Crippen molar-refractivity contribution < 1.29 is 14.7 Å². The molecule has 1 aliphatic heterocycles. The highest BCUT2D eigenvalue weighted by molar-refractivity contribution is 6.32. The van der Waals surface area contributed by atoms with Crippen LogP contribution in [0.15, 0.2) is 72.9 Å². The van der Waals surface area contributed by atoms with Crippen molar-refractivity contribution in [3.05, 3.63) is 105 Å². The number of carbonyl (C=O) groups is 2. The zero-order valence-corrected chi connectivity index (χ0v) is 20.6. The summed E-state index contributed by atoms with van der Waals surface area (Å²) in [5, 5.41) is 19.4. The number of aryl methyl sites for hydroxylation is 1. The zero-order valence-electron chi connectivity index (χ0n) is 19.1. The van der Waals surface area contributed by atoms with Crippen molar-refractivity contribution in [2.45, 2.75) is 12.1 Å². The summed E-state index contributed by atoms with van der Waals surface area (Å²) in [5.74, 6) is -0.576. The molecule has 1 aromatic heterocycles. The molecule has 0 saturated carbocycles. The Morgan fingerprint density at radius 2 is 1.83 bits per heavy atom. The lowest BCUT2D eigenvalue weighted by Gasteiger charge is -2.27. The molecule has 5 rings (SSSR count). The quantitative estimate of drug-likeness (QED) is 0.369. The van der Waals surface area contributed by atoms with Crippen molar-refractivity contribution in [2.24, 2.45) is 12.8 Å². The Bertz CT molecular complexity index is 1500. The van der Waals surface area contributed by atoms with E-state index in [0.717, 1.165) is 11.4 Å². The van der Waals surface area contributed by atoms with E-state index in [2.05, 4.69) is 10.4 Å². The molecular formula is C26H21Cl2N5O3. The van der Waals surface area contributed by atoms with Crippen LogP contribution in [0, 0.1) is 0 Å².